The zero-order valence-corrected chi connectivity index (χ0v) is 11.9. The lowest BCUT2D eigenvalue weighted by atomic mass is 10.3. The molecule has 0 aliphatic carbocycles. The van der Waals surface area contributed by atoms with E-state index < -0.39 is 0 Å². The van der Waals surface area contributed by atoms with Crippen molar-refractivity contribution in [3.05, 3.63) is 59.9 Å². The maximum absolute atomic E-state index is 12.5. The van der Waals surface area contributed by atoms with Crippen molar-refractivity contribution in [1.82, 2.24) is 24.0 Å². The molecule has 0 spiro atoms. The number of carbonyl (C=O) groups is 1. The lowest BCUT2D eigenvalue weighted by Crippen LogP contribution is -2.15. The monoisotopic (exact) mass is 312 g/mol. The summed E-state index contributed by atoms with van der Waals surface area (Å²) in [6, 6.07) is 8.94. The highest BCUT2D eigenvalue weighted by atomic mass is 35.5. The molecule has 0 fully saturated rings. The van der Waals surface area contributed by atoms with Crippen LogP contribution in [0.15, 0.2) is 49.1 Å². The lowest BCUT2D eigenvalue weighted by molar-refractivity contribution is 0.102. The Kier molecular flexibility index (Phi) is 2.80. The van der Waals surface area contributed by atoms with Gasteiger partial charge in [0, 0.05) is 12.4 Å². The van der Waals surface area contributed by atoms with Gasteiger partial charge >= 0.3 is 0 Å². The van der Waals surface area contributed by atoms with E-state index in [0.717, 1.165) is 0 Å². The predicted molar refractivity (Wildman–Crippen MR) is 81.1 cm³/mol. The summed E-state index contributed by atoms with van der Waals surface area (Å²) < 4.78 is 3.36. The van der Waals surface area contributed by atoms with Crippen molar-refractivity contribution in [3.63, 3.8) is 0 Å². The molecule has 4 heterocycles. The SMILES string of the molecule is O=C(Nc1ccc2nncn2c1)c1c(Cl)nc2ccccn12. The Labute approximate surface area is 129 Å². The Bertz CT molecular complexity index is 1000. The van der Waals surface area contributed by atoms with E-state index in [1.165, 1.54) is 0 Å². The molecule has 4 aromatic rings. The highest BCUT2D eigenvalue weighted by molar-refractivity contribution is 6.33. The predicted octanol–water partition coefficient (Wildman–Crippen LogP) is 2.28. The minimum atomic E-state index is -0.337. The summed E-state index contributed by atoms with van der Waals surface area (Å²) in [7, 11) is 0. The molecule has 0 atom stereocenters. The number of aromatic nitrogens is 5. The van der Waals surface area contributed by atoms with Crippen LogP contribution in [0, 0.1) is 0 Å². The fourth-order valence-corrected chi connectivity index (χ4v) is 2.53. The molecule has 0 bridgehead atoms. The first-order valence-electron chi connectivity index (χ1n) is 6.46. The van der Waals surface area contributed by atoms with E-state index >= 15 is 0 Å². The summed E-state index contributed by atoms with van der Waals surface area (Å²) in [5.74, 6) is -0.337. The van der Waals surface area contributed by atoms with Gasteiger partial charge in [-0.1, -0.05) is 17.7 Å². The lowest BCUT2D eigenvalue weighted by Gasteiger charge is -2.06. The third-order valence-electron chi connectivity index (χ3n) is 3.25. The number of anilines is 1. The smallest absolute Gasteiger partial charge is 0.275 e. The van der Waals surface area contributed by atoms with Gasteiger partial charge in [-0.2, -0.15) is 0 Å². The first-order chi connectivity index (χ1) is 10.7. The van der Waals surface area contributed by atoms with Crippen LogP contribution in [-0.4, -0.2) is 29.9 Å². The molecule has 0 saturated carbocycles. The molecule has 7 nitrogen and oxygen atoms in total. The van der Waals surface area contributed by atoms with Gasteiger partial charge in [0.2, 0.25) is 0 Å². The average molecular weight is 313 g/mol. The molecule has 108 valence electrons. The first-order valence-corrected chi connectivity index (χ1v) is 6.83. The zero-order valence-electron chi connectivity index (χ0n) is 11.1. The van der Waals surface area contributed by atoms with Crippen LogP contribution in [-0.2, 0) is 0 Å². The van der Waals surface area contributed by atoms with Gasteiger partial charge in [-0.15, -0.1) is 10.2 Å². The third kappa shape index (κ3) is 1.99. The van der Waals surface area contributed by atoms with Crippen molar-refractivity contribution in [1.29, 1.82) is 0 Å². The van der Waals surface area contributed by atoms with Crippen molar-refractivity contribution < 1.29 is 4.79 Å². The van der Waals surface area contributed by atoms with Gasteiger partial charge < -0.3 is 5.32 Å². The van der Waals surface area contributed by atoms with Gasteiger partial charge in [0.05, 0.1) is 5.69 Å². The van der Waals surface area contributed by atoms with Crippen LogP contribution in [0.2, 0.25) is 5.15 Å². The highest BCUT2D eigenvalue weighted by Gasteiger charge is 2.18. The van der Waals surface area contributed by atoms with Crippen molar-refractivity contribution in [2.45, 2.75) is 0 Å². The summed E-state index contributed by atoms with van der Waals surface area (Å²) in [5.41, 5.74) is 2.22. The largest absolute Gasteiger partial charge is 0.319 e. The van der Waals surface area contributed by atoms with Crippen LogP contribution >= 0.6 is 11.6 Å². The number of nitrogens with one attached hydrogen (secondary N) is 1. The Morgan fingerprint density at radius 1 is 1.18 bits per heavy atom. The molecule has 0 saturated heterocycles. The van der Waals surface area contributed by atoms with Crippen LogP contribution < -0.4 is 5.32 Å². The maximum atomic E-state index is 12.5. The molecular weight excluding hydrogens is 304 g/mol. The number of imidazole rings is 1. The molecule has 1 N–H and O–H groups in total. The summed E-state index contributed by atoms with van der Waals surface area (Å²) in [6.07, 6.45) is 5.03. The van der Waals surface area contributed by atoms with Crippen molar-refractivity contribution in [2.75, 3.05) is 5.32 Å². The van der Waals surface area contributed by atoms with E-state index in [1.54, 1.807) is 45.7 Å². The topological polar surface area (TPSA) is 76.6 Å². The Hall–Kier alpha value is -2.93. The number of hydrogen-bond donors (Lipinski definition) is 1. The summed E-state index contributed by atoms with van der Waals surface area (Å²) >= 11 is 6.09. The van der Waals surface area contributed by atoms with Gasteiger partial charge in [0.15, 0.2) is 16.5 Å². The summed E-state index contributed by atoms with van der Waals surface area (Å²) in [6.45, 7) is 0. The fourth-order valence-electron chi connectivity index (χ4n) is 2.26. The van der Waals surface area contributed by atoms with Crippen molar-refractivity contribution >= 4 is 34.5 Å². The van der Waals surface area contributed by atoms with Crippen LogP contribution in [0.3, 0.4) is 0 Å². The minimum absolute atomic E-state index is 0.161. The Morgan fingerprint density at radius 3 is 3.00 bits per heavy atom. The number of fused-ring (bicyclic) bond motifs is 2. The van der Waals surface area contributed by atoms with E-state index in [1.807, 2.05) is 12.1 Å². The van der Waals surface area contributed by atoms with Gasteiger partial charge in [-0.3, -0.25) is 13.6 Å². The number of amides is 1. The van der Waals surface area contributed by atoms with Gasteiger partial charge in [0.1, 0.15) is 12.0 Å². The second-order valence-electron chi connectivity index (χ2n) is 4.65. The van der Waals surface area contributed by atoms with Crippen molar-refractivity contribution in [2.24, 2.45) is 0 Å². The third-order valence-corrected chi connectivity index (χ3v) is 3.51. The number of carbonyl (C=O) groups excluding carboxylic acids is 1. The molecule has 0 aromatic carbocycles. The molecule has 4 aromatic heterocycles. The molecule has 0 aliphatic rings. The Morgan fingerprint density at radius 2 is 2.09 bits per heavy atom. The first kappa shape index (κ1) is 12.8. The molecule has 8 heteroatoms. The van der Waals surface area contributed by atoms with Crippen LogP contribution in [0.4, 0.5) is 5.69 Å². The average Bonchev–Trinajstić information content (AvgIpc) is 3.09. The van der Waals surface area contributed by atoms with E-state index in [4.69, 9.17) is 11.6 Å². The van der Waals surface area contributed by atoms with Crippen LogP contribution in [0.5, 0.6) is 0 Å². The minimum Gasteiger partial charge on any atom is -0.319 e. The quantitative estimate of drug-likeness (QED) is 0.616. The highest BCUT2D eigenvalue weighted by Crippen LogP contribution is 2.19. The van der Waals surface area contributed by atoms with Crippen molar-refractivity contribution in [3.8, 4) is 0 Å². The molecule has 1 amide bonds. The van der Waals surface area contributed by atoms with E-state index in [-0.39, 0.29) is 11.1 Å². The van der Waals surface area contributed by atoms with Gasteiger partial charge in [0.25, 0.3) is 5.91 Å². The van der Waals surface area contributed by atoms with Crippen LogP contribution in [0.25, 0.3) is 11.3 Å². The van der Waals surface area contributed by atoms with Gasteiger partial charge in [-0.25, -0.2) is 4.98 Å². The summed E-state index contributed by atoms with van der Waals surface area (Å²) in [5, 5.41) is 10.7. The number of pyridine rings is 2. The number of hydrogen-bond acceptors (Lipinski definition) is 4. The van der Waals surface area contributed by atoms with Crippen LogP contribution in [0.1, 0.15) is 10.5 Å². The fraction of sp³-hybridized carbons (Fsp3) is 0. The second kappa shape index (κ2) is 4.81. The standard InChI is InChI=1S/C14H9ClN6O/c15-13-12(21-6-2-1-3-10(21)18-13)14(22)17-9-4-5-11-19-16-8-20(11)7-9/h1-8H,(H,17,22). The molecular formula is C14H9ClN6O. The molecule has 22 heavy (non-hydrogen) atoms. The molecule has 0 unspecified atom stereocenters. The second-order valence-corrected chi connectivity index (χ2v) is 5.01. The summed E-state index contributed by atoms with van der Waals surface area (Å²) in [4.78, 5) is 16.6. The maximum Gasteiger partial charge on any atom is 0.275 e. The number of rotatable bonds is 2. The van der Waals surface area contributed by atoms with E-state index in [9.17, 15) is 4.79 Å². The number of halogens is 1. The number of nitrogens with zero attached hydrogens (tertiary/aromatic N) is 5. The molecule has 0 aliphatic heterocycles. The molecule has 4 rings (SSSR count). The normalized spacial score (nSPS) is 11.1. The Balaban J connectivity index is 1.72. The zero-order chi connectivity index (χ0) is 15.1. The van der Waals surface area contributed by atoms with E-state index in [2.05, 4.69) is 20.5 Å². The molecule has 0 radical (unpaired) electrons. The van der Waals surface area contributed by atoms with Gasteiger partial charge in [-0.05, 0) is 24.3 Å². The van der Waals surface area contributed by atoms with E-state index in [0.29, 0.717) is 22.7 Å².